The van der Waals surface area contributed by atoms with Crippen LogP contribution in [0, 0.1) is 5.82 Å². The molecule has 1 aromatic carbocycles. The summed E-state index contributed by atoms with van der Waals surface area (Å²) in [7, 11) is 3.07. The molecule has 0 bridgehead atoms. The molecule has 2 amide bonds. The Bertz CT molecular complexity index is 1040. The molecule has 3 rings (SSSR count). The van der Waals surface area contributed by atoms with E-state index in [9.17, 15) is 9.59 Å². The van der Waals surface area contributed by atoms with Gasteiger partial charge in [-0.2, -0.15) is 0 Å². The van der Waals surface area contributed by atoms with Crippen molar-refractivity contribution in [2.24, 2.45) is 5.73 Å². The van der Waals surface area contributed by atoms with Gasteiger partial charge in [-0.1, -0.05) is 0 Å². The van der Waals surface area contributed by atoms with E-state index >= 15 is 4.39 Å². The van der Waals surface area contributed by atoms with Crippen LogP contribution in [0.25, 0.3) is 22.2 Å². The minimum absolute atomic E-state index is 0.0766. The van der Waals surface area contributed by atoms with E-state index in [2.05, 4.69) is 9.97 Å². The van der Waals surface area contributed by atoms with Gasteiger partial charge in [0.25, 0.3) is 5.91 Å². The quantitative estimate of drug-likeness (QED) is 0.597. The van der Waals surface area contributed by atoms with Gasteiger partial charge in [-0.25, -0.2) is 9.37 Å². The Hall–Kier alpha value is -3.42. The number of rotatable bonds is 5. The average molecular weight is 369 g/mol. The first-order chi connectivity index (χ1) is 12.8. The highest BCUT2D eigenvalue weighted by atomic mass is 19.1. The van der Waals surface area contributed by atoms with Crippen LogP contribution in [0.4, 0.5) is 10.1 Å². The van der Waals surface area contributed by atoms with Gasteiger partial charge in [-0.15, -0.1) is 0 Å². The smallest absolute Gasteiger partial charge is 0.258 e. The van der Waals surface area contributed by atoms with Crippen molar-refractivity contribution in [1.29, 1.82) is 0 Å². The van der Waals surface area contributed by atoms with Gasteiger partial charge in [-0.05, 0) is 30.2 Å². The molecule has 8 heteroatoms. The van der Waals surface area contributed by atoms with Crippen molar-refractivity contribution in [2.45, 2.75) is 12.8 Å². The van der Waals surface area contributed by atoms with Gasteiger partial charge in [0.1, 0.15) is 11.5 Å². The molecule has 5 N–H and O–H groups in total. The summed E-state index contributed by atoms with van der Waals surface area (Å²) in [5.74, 6) is -1.60. The summed E-state index contributed by atoms with van der Waals surface area (Å²) in [6.07, 6.45) is 3.93. The summed E-state index contributed by atoms with van der Waals surface area (Å²) in [6, 6.07) is 4.80. The number of nitrogens with one attached hydrogen (secondary N) is 1. The molecule has 27 heavy (non-hydrogen) atoms. The lowest BCUT2D eigenvalue weighted by atomic mass is 9.99. The van der Waals surface area contributed by atoms with Crippen molar-refractivity contribution in [3.05, 3.63) is 47.5 Å². The summed E-state index contributed by atoms with van der Waals surface area (Å²) in [6.45, 7) is 0. The Morgan fingerprint density at radius 2 is 2.04 bits per heavy atom. The van der Waals surface area contributed by atoms with E-state index in [0.29, 0.717) is 17.6 Å². The lowest BCUT2D eigenvalue weighted by molar-refractivity contribution is -0.117. The first kappa shape index (κ1) is 18.4. The summed E-state index contributed by atoms with van der Waals surface area (Å²) in [5, 5.41) is 0.769. The highest BCUT2D eigenvalue weighted by Gasteiger charge is 2.21. The zero-order chi connectivity index (χ0) is 19.7. The molecule has 0 unspecified atom stereocenters. The van der Waals surface area contributed by atoms with E-state index in [1.165, 1.54) is 37.3 Å². The first-order valence-electron chi connectivity index (χ1n) is 8.34. The van der Waals surface area contributed by atoms with Crippen LogP contribution < -0.4 is 11.5 Å². The zero-order valence-corrected chi connectivity index (χ0v) is 15.0. The Kier molecular flexibility index (Phi) is 4.81. The van der Waals surface area contributed by atoms with Crippen LogP contribution >= 0.6 is 0 Å². The number of nitrogens with two attached hydrogens (primary N) is 2. The van der Waals surface area contributed by atoms with Crippen molar-refractivity contribution in [1.82, 2.24) is 14.9 Å². The topological polar surface area (TPSA) is 118 Å². The Labute approximate surface area is 155 Å². The van der Waals surface area contributed by atoms with Crippen LogP contribution in [0.3, 0.4) is 0 Å². The average Bonchev–Trinajstić information content (AvgIpc) is 3.02. The normalized spacial score (nSPS) is 10.9. The summed E-state index contributed by atoms with van der Waals surface area (Å²) in [5.41, 5.74) is 13.2. The number of aromatic amines is 1. The number of nitrogen functional groups attached to an aromatic ring is 1. The molecule has 0 spiro atoms. The summed E-state index contributed by atoms with van der Waals surface area (Å²) in [4.78, 5) is 31.9. The molecule has 3 aromatic rings. The number of aryl methyl sites for hydroxylation is 1. The standard InChI is InChI=1S/C19H20FN5O2/c1-25(2)19(27)16-14(21)5-4-12(17(16)20)11-7-13-10(3-6-15(22)26)8-23-18(13)24-9-11/h4-5,7-9H,3,6,21H2,1-2H3,(H2,22,26)(H,23,24). The SMILES string of the molecule is CN(C)C(=O)c1c(N)ccc(-c2cnc3[nH]cc(CCC(N)=O)c3c2)c1F. The number of anilines is 1. The van der Waals surface area contributed by atoms with Gasteiger partial charge >= 0.3 is 0 Å². The van der Waals surface area contributed by atoms with Crippen molar-refractivity contribution >= 4 is 28.5 Å². The Balaban J connectivity index is 2.10. The number of primary amides is 1. The lowest BCUT2D eigenvalue weighted by Crippen LogP contribution is -2.24. The Morgan fingerprint density at radius 3 is 2.70 bits per heavy atom. The van der Waals surface area contributed by atoms with Gasteiger partial charge in [0.2, 0.25) is 5.91 Å². The first-order valence-corrected chi connectivity index (χ1v) is 8.34. The second kappa shape index (κ2) is 7.06. The van der Waals surface area contributed by atoms with Gasteiger partial charge in [0.05, 0.1) is 5.56 Å². The molecule has 7 nitrogen and oxygen atoms in total. The molecule has 0 saturated carbocycles. The largest absolute Gasteiger partial charge is 0.398 e. The highest BCUT2D eigenvalue weighted by Crippen LogP contribution is 2.31. The zero-order valence-electron chi connectivity index (χ0n) is 15.0. The highest BCUT2D eigenvalue weighted by molar-refractivity contribution is 6.00. The van der Waals surface area contributed by atoms with Crippen LogP contribution in [0.15, 0.2) is 30.6 Å². The molecular weight excluding hydrogens is 349 g/mol. The minimum Gasteiger partial charge on any atom is -0.398 e. The maximum Gasteiger partial charge on any atom is 0.258 e. The molecule has 0 atom stereocenters. The number of hydrogen-bond acceptors (Lipinski definition) is 4. The third-order valence-electron chi connectivity index (χ3n) is 4.36. The van der Waals surface area contributed by atoms with Gasteiger partial charge in [0.15, 0.2) is 0 Å². The van der Waals surface area contributed by atoms with Crippen molar-refractivity contribution in [3.63, 3.8) is 0 Å². The summed E-state index contributed by atoms with van der Waals surface area (Å²) < 4.78 is 15.1. The second-order valence-electron chi connectivity index (χ2n) is 6.49. The number of H-pyrrole nitrogens is 1. The number of aromatic nitrogens is 2. The molecule has 0 saturated heterocycles. The molecule has 0 aliphatic heterocycles. The van der Waals surface area contributed by atoms with E-state index in [1.54, 1.807) is 12.3 Å². The number of benzene rings is 1. The van der Waals surface area contributed by atoms with Crippen LogP contribution in [-0.4, -0.2) is 40.8 Å². The molecule has 0 aliphatic carbocycles. The van der Waals surface area contributed by atoms with E-state index in [0.717, 1.165) is 10.9 Å². The minimum atomic E-state index is -0.691. The molecule has 0 radical (unpaired) electrons. The molecule has 2 heterocycles. The monoisotopic (exact) mass is 369 g/mol. The molecule has 2 aromatic heterocycles. The number of nitrogens with zero attached hydrogens (tertiary/aromatic N) is 2. The van der Waals surface area contributed by atoms with E-state index < -0.39 is 17.6 Å². The Morgan fingerprint density at radius 1 is 1.30 bits per heavy atom. The molecule has 0 aliphatic rings. The third kappa shape index (κ3) is 3.46. The number of halogens is 1. The number of hydrogen-bond donors (Lipinski definition) is 3. The van der Waals surface area contributed by atoms with Crippen LogP contribution in [0.1, 0.15) is 22.3 Å². The van der Waals surface area contributed by atoms with Crippen LogP contribution in [-0.2, 0) is 11.2 Å². The number of carbonyl (C=O) groups excluding carboxylic acids is 2. The fraction of sp³-hybridized carbons (Fsp3) is 0.211. The fourth-order valence-corrected chi connectivity index (χ4v) is 2.92. The molecular formula is C19H20FN5O2. The lowest BCUT2D eigenvalue weighted by Gasteiger charge is -2.15. The van der Waals surface area contributed by atoms with Crippen molar-refractivity contribution in [2.75, 3.05) is 19.8 Å². The van der Waals surface area contributed by atoms with Gasteiger partial charge in [0, 0.05) is 55.1 Å². The second-order valence-corrected chi connectivity index (χ2v) is 6.49. The maximum atomic E-state index is 15.1. The van der Waals surface area contributed by atoms with Crippen molar-refractivity contribution < 1.29 is 14.0 Å². The predicted octanol–water partition coefficient (Wildman–Crippen LogP) is 2.07. The maximum absolute atomic E-state index is 15.1. The summed E-state index contributed by atoms with van der Waals surface area (Å²) >= 11 is 0. The number of carbonyl (C=O) groups is 2. The van der Waals surface area contributed by atoms with Gasteiger partial charge in [-0.3, -0.25) is 9.59 Å². The molecule has 140 valence electrons. The van der Waals surface area contributed by atoms with Gasteiger partial charge < -0.3 is 21.4 Å². The van der Waals surface area contributed by atoms with Crippen LogP contribution in [0.2, 0.25) is 0 Å². The van der Waals surface area contributed by atoms with Crippen molar-refractivity contribution in [3.8, 4) is 11.1 Å². The van der Waals surface area contributed by atoms with Crippen LogP contribution in [0.5, 0.6) is 0 Å². The number of pyridine rings is 1. The van der Waals surface area contributed by atoms with E-state index in [-0.39, 0.29) is 23.2 Å². The fourth-order valence-electron chi connectivity index (χ4n) is 2.92. The third-order valence-corrected chi connectivity index (χ3v) is 4.36. The van der Waals surface area contributed by atoms with E-state index in [4.69, 9.17) is 11.5 Å². The predicted molar refractivity (Wildman–Crippen MR) is 101 cm³/mol. The number of fused-ring (bicyclic) bond motifs is 1. The number of amides is 2. The van der Waals surface area contributed by atoms with E-state index in [1.807, 2.05) is 0 Å². The molecule has 0 fully saturated rings.